The number of rotatable bonds is 1. The van der Waals surface area contributed by atoms with Crippen LogP contribution in [0.2, 0.25) is 0 Å². The number of carbonyl (C=O) groups is 2. The van der Waals surface area contributed by atoms with Crippen LogP contribution < -0.4 is 4.65 Å². The van der Waals surface area contributed by atoms with E-state index >= 15 is 0 Å². The Kier molecular flexibility index (Phi) is 3.86. The van der Waals surface area contributed by atoms with Gasteiger partial charge in [0.05, 0.1) is 17.5 Å². The molecule has 1 aliphatic rings. The maximum atomic E-state index is 13.0. The van der Waals surface area contributed by atoms with E-state index in [9.17, 15) is 28.0 Å². The highest BCUT2D eigenvalue weighted by molar-refractivity contribution is 9.10. The molecule has 8 heteroatoms. The van der Waals surface area contributed by atoms with Crippen LogP contribution >= 0.6 is 15.9 Å². The summed E-state index contributed by atoms with van der Waals surface area (Å²) in [6.07, 6.45) is -5.05. The predicted octanol–water partition coefficient (Wildman–Crippen LogP) is 4.20. The summed E-state index contributed by atoms with van der Waals surface area (Å²) in [5.41, 5.74) is -1.46. The molecule has 24 heavy (non-hydrogen) atoms. The lowest BCUT2D eigenvalue weighted by Gasteiger charge is -2.32. The Morgan fingerprint density at radius 3 is 2.33 bits per heavy atom. The molecule has 2 aromatic rings. The number of fused-ring (bicyclic) bond motifs is 1. The highest BCUT2D eigenvalue weighted by atomic mass is 79.9. The molecule has 3 rings (SSSR count). The van der Waals surface area contributed by atoms with E-state index in [-0.39, 0.29) is 17.5 Å². The van der Waals surface area contributed by atoms with E-state index < -0.39 is 33.9 Å². The number of hydrogen-bond acceptors (Lipinski definition) is 3. The minimum absolute atomic E-state index is 0.0492. The molecule has 0 radical (unpaired) electrons. The summed E-state index contributed by atoms with van der Waals surface area (Å²) >= 11 is 3.17. The summed E-state index contributed by atoms with van der Waals surface area (Å²) in [7, 11) is 0. The van der Waals surface area contributed by atoms with E-state index in [0.29, 0.717) is 10.5 Å². The summed E-state index contributed by atoms with van der Waals surface area (Å²) in [6.45, 7) is 0. The lowest BCUT2D eigenvalue weighted by molar-refractivity contribution is -0.137. The van der Waals surface area contributed by atoms with Gasteiger partial charge in [-0.3, -0.25) is 0 Å². The maximum Gasteiger partial charge on any atom is 0.416 e. The molecule has 0 N–H and O–H groups in total. The number of imide groups is 1. The molecule has 124 valence electrons. The van der Waals surface area contributed by atoms with Crippen molar-refractivity contribution in [3.63, 3.8) is 0 Å². The fraction of sp³-hybridized carbons (Fsp3) is 0.125. The molecule has 1 heterocycles. The SMILES string of the molecule is O=C1Cc2ccc(C(F)(F)F)cc2[N+]1([O-])C(=O)c1ccc(Br)cc1. The second-order valence-electron chi connectivity index (χ2n) is 5.33. The number of alkyl halides is 3. The minimum Gasteiger partial charge on any atom is -0.612 e. The van der Waals surface area contributed by atoms with E-state index in [2.05, 4.69) is 15.9 Å². The number of carbonyl (C=O) groups excluding carboxylic acids is 2. The van der Waals surface area contributed by atoms with Crippen LogP contribution in [0.25, 0.3) is 0 Å². The number of quaternary nitrogens is 1. The van der Waals surface area contributed by atoms with Gasteiger partial charge >= 0.3 is 18.0 Å². The van der Waals surface area contributed by atoms with Gasteiger partial charge in [-0.1, -0.05) is 22.0 Å². The Labute approximate surface area is 142 Å². The molecule has 1 unspecified atom stereocenters. The zero-order valence-electron chi connectivity index (χ0n) is 11.9. The van der Waals surface area contributed by atoms with E-state index in [1.165, 1.54) is 24.3 Å². The molecule has 2 aromatic carbocycles. The zero-order valence-corrected chi connectivity index (χ0v) is 13.5. The van der Waals surface area contributed by atoms with Gasteiger partial charge in [0.15, 0.2) is 5.69 Å². The maximum absolute atomic E-state index is 13.0. The average Bonchev–Trinajstić information content (AvgIpc) is 2.78. The minimum atomic E-state index is -4.67. The lowest BCUT2D eigenvalue weighted by Crippen LogP contribution is -2.51. The predicted molar refractivity (Wildman–Crippen MR) is 83.8 cm³/mol. The number of benzene rings is 2. The van der Waals surface area contributed by atoms with Gasteiger partial charge in [0.1, 0.15) is 0 Å². The summed E-state index contributed by atoms with van der Waals surface area (Å²) < 4.78 is 37.3. The molecule has 0 aromatic heterocycles. The molecule has 1 aliphatic heterocycles. The van der Waals surface area contributed by atoms with Crippen molar-refractivity contribution in [2.24, 2.45) is 0 Å². The molecular formula is C16H9BrF3NO3. The van der Waals surface area contributed by atoms with E-state index in [1.807, 2.05) is 0 Å². The molecule has 0 bridgehead atoms. The third-order valence-electron chi connectivity index (χ3n) is 3.82. The van der Waals surface area contributed by atoms with Crippen molar-refractivity contribution in [3.05, 3.63) is 68.8 Å². The number of halogens is 4. The normalized spacial score (nSPS) is 20.1. The van der Waals surface area contributed by atoms with Crippen LogP contribution in [0.5, 0.6) is 0 Å². The van der Waals surface area contributed by atoms with Crippen molar-refractivity contribution in [1.82, 2.24) is 4.65 Å². The Morgan fingerprint density at radius 2 is 1.75 bits per heavy atom. The number of amides is 2. The first kappa shape index (κ1) is 16.8. The fourth-order valence-electron chi connectivity index (χ4n) is 2.59. The third-order valence-corrected chi connectivity index (χ3v) is 4.35. The second-order valence-corrected chi connectivity index (χ2v) is 6.25. The Hall–Kier alpha value is -2.03. The molecule has 0 aliphatic carbocycles. The van der Waals surface area contributed by atoms with Gasteiger partial charge in [0.25, 0.3) is 0 Å². The first-order chi connectivity index (χ1) is 11.1. The standard InChI is InChI=1S/C16H9BrF3NO3/c17-12-5-2-9(3-6-12)15(23)21(24)13-8-11(16(18,19)20)4-1-10(13)7-14(21)22/h1-6,8H,7H2. The quantitative estimate of drug-likeness (QED) is 0.410. The van der Waals surface area contributed by atoms with Crippen LogP contribution in [-0.4, -0.2) is 11.8 Å². The van der Waals surface area contributed by atoms with Gasteiger partial charge in [-0.25, -0.2) is 9.59 Å². The van der Waals surface area contributed by atoms with Crippen molar-refractivity contribution in [3.8, 4) is 0 Å². The van der Waals surface area contributed by atoms with Crippen LogP contribution in [0.1, 0.15) is 21.5 Å². The van der Waals surface area contributed by atoms with Crippen molar-refractivity contribution in [1.29, 1.82) is 0 Å². The molecule has 1 atom stereocenters. The summed E-state index contributed by atoms with van der Waals surface area (Å²) in [5, 5.41) is 13.0. The van der Waals surface area contributed by atoms with Crippen molar-refractivity contribution < 1.29 is 22.8 Å². The zero-order chi connectivity index (χ0) is 17.7. The lowest BCUT2D eigenvalue weighted by atomic mass is 10.1. The first-order valence-electron chi connectivity index (χ1n) is 6.78. The van der Waals surface area contributed by atoms with Crippen LogP contribution in [0.15, 0.2) is 46.9 Å². The molecular weight excluding hydrogens is 391 g/mol. The molecule has 0 saturated heterocycles. The molecule has 2 amide bonds. The van der Waals surface area contributed by atoms with Gasteiger partial charge in [-0.15, -0.1) is 0 Å². The van der Waals surface area contributed by atoms with Crippen LogP contribution in [0.3, 0.4) is 0 Å². The van der Waals surface area contributed by atoms with Crippen LogP contribution in [0.4, 0.5) is 18.9 Å². The van der Waals surface area contributed by atoms with Gasteiger partial charge in [0.2, 0.25) is 0 Å². The van der Waals surface area contributed by atoms with E-state index in [0.717, 1.165) is 12.1 Å². The largest absolute Gasteiger partial charge is 0.612 e. The molecule has 0 fully saturated rings. The molecule has 0 saturated carbocycles. The highest BCUT2D eigenvalue weighted by Crippen LogP contribution is 2.41. The third kappa shape index (κ3) is 2.56. The number of hydroxylamine groups is 2. The fourth-order valence-corrected chi connectivity index (χ4v) is 2.85. The van der Waals surface area contributed by atoms with Gasteiger partial charge in [-0.05, 0) is 30.3 Å². The van der Waals surface area contributed by atoms with Gasteiger partial charge in [-0.2, -0.15) is 17.8 Å². The van der Waals surface area contributed by atoms with E-state index in [4.69, 9.17) is 0 Å². The number of nitrogens with zero attached hydrogens (tertiary/aromatic N) is 1. The van der Waals surface area contributed by atoms with Crippen molar-refractivity contribution >= 4 is 33.4 Å². The van der Waals surface area contributed by atoms with Crippen LogP contribution in [0, 0.1) is 5.21 Å². The smallest absolute Gasteiger partial charge is 0.416 e. The van der Waals surface area contributed by atoms with Crippen molar-refractivity contribution in [2.75, 3.05) is 0 Å². The van der Waals surface area contributed by atoms with Crippen molar-refractivity contribution in [2.45, 2.75) is 12.6 Å². The number of hydrogen-bond donors (Lipinski definition) is 0. The Balaban J connectivity index is 2.13. The summed E-state index contributed by atoms with van der Waals surface area (Å²) in [5.74, 6) is -2.11. The monoisotopic (exact) mass is 399 g/mol. The average molecular weight is 400 g/mol. The van der Waals surface area contributed by atoms with Crippen LogP contribution in [-0.2, 0) is 17.4 Å². The molecule has 4 nitrogen and oxygen atoms in total. The van der Waals surface area contributed by atoms with E-state index in [1.54, 1.807) is 0 Å². The summed E-state index contributed by atoms with van der Waals surface area (Å²) in [6, 6.07) is 8.14. The van der Waals surface area contributed by atoms with Gasteiger partial charge < -0.3 is 5.21 Å². The molecule has 0 spiro atoms. The Bertz CT molecular complexity index is 849. The van der Waals surface area contributed by atoms with Gasteiger partial charge in [0, 0.05) is 16.1 Å². The topological polar surface area (TPSA) is 57.2 Å². The second kappa shape index (κ2) is 5.51. The summed E-state index contributed by atoms with van der Waals surface area (Å²) in [4.78, 5) is 24.7. The first-order valence-corrected chi connectivity index (χ1v) is 7.58. The highest BCUT2D eigenvalue weighted by Gasteiger charge is 2.48. The Morgan fingerprint density at radius 1 is 1.12 bits per heavy atom.